The van der Waals surface area contributed by atoms with Crippen LogP contribution in [0.25, 0.3) is 0 Å². The van der Waals surface area contributed by atoms with Crippen LogP contribution in [0.15, 0.2) is 23.3 Å². The van der Waals surface area contributed by atoms with E-state index in [0.29, 0.717) is 25.6 Å². The van der Waals surface area contributed by atoms with E-state index in [1.54, 1.807) is 20.4 Å². The number of guanidine groups is 1. The van der Waals surface area contributed by atoms with E-state index in [4.69, 9.17) is 9.47 Å². The molecular weight excluding hydrogens is 280 g/mol. The lowest BCUT2D eigenvalue weighted by molar-refractivity contribution is 0.143. The minimum atomic E-state index is 0.509. The number of nitrogens with one attached hydrogen (secondary N) is 2. The zero-order chi connectivity index (χ0) is 16.0. The summed E-state index contributed by atoms with van der Waals surface area (Å²) in [5, 5.41) is 6.57. The number of aliphatic imine (C=N–C) groups is 1. The van der Waals surface area contributed by atoms with Crippen LogP contribution in [0.1, 0.15) is 31.7 Å². The Morgan fingerprint density at radius 2 is 2.09 bits per heavy atom. The number of pyridine rings is 1. The summed E-state index contributed by atoms with van der Waals surface area (Å²) >= 11 is 0. The molecule has 0 saturated carbocycles. The molecule has 0 saturated heterocycles. The molecule has 22 heavy (non-hydrogen) atoms. The SMILES string of the molecule is CCCCCNC(=NC)NCc1ccc(OCCOC)nc1. The van der Waals surface area contributed by atoms with Gasteiger partial charge in [0.2, 0.25) is 5.88 Å². The Morgan fingerprint density at radius 3 is 2.73 bits per heavy atom. The molecule has 0 radical (unpaired) electrons. The minimum absolute atomic E-state index is 0.509. The first-order valence-corrected chi connectivity index (χ1v) is 7.81. The second-order valence-corrected chi connectivity index (χ2v) is 4.91. The standard InChI is InChI=1S/C16H28N4O2/c1-4-5-6-9-18-16(17-2)20-13-14-7-8-15(19-12-14)22-11-10-21-3/h7-8,12H,4-6,9-11,13H2,1-3H3,(H2,17,18,20). The fourth-order valence-corrected chi connectivity index (χ4v) is 1.82. The maximum absolute atomic E-state index is 5.43. The third-order valence-corrected chi connectivity index (χ3v) is 3.09. The molecule has 0 bridgehead atoms. The predicted molar refractivity (Wildman–Crippen MR) is 89.3 cm³/mol. The third-order valence-electron chi connectivity index (χ3n) is 3.09. The van der Waals surface area contributed by atoms with Gasteiger partial charge < -0.3 is 20.1 Å². The first-order valence-electron chi connectivity index (χ1n) is 7.81. The van der Waals surface area contributed by atoms with Crippen LogP contribution in [-0.4, -0.2) is 44.9 Å². The molecule has 0 aliphatic heterocycles. The Bertz CT molecular complexity index is 421. The Kier molecular flexibility index (Phi) is 9.78. The number of unbranched alkanes of at least 4 members (excludes halogenated alkanes) is 2. The average Bonchev–Trinajstić information content (AvgIpc) is 2.56. The van der Waals surface area contributed by atoms with Crippen molar-refractivity contribution in [2.24, 2.45) is 4.99 Å². The number of ether oxygens (including phenoxy) is 2. The monoisotopic (exact) mass is 308 g/mol. The van der Waals surface area contributed by atoms with Gasteiger partial charge in [-0.05, 0) is 12.0 Å². The highest BCUT2D eigenvalue weighted by molar-refractivity contribution is 5.79. The van der Waals surface area contributed by atoms with E-state index in [9.17, 15) is 0 Å². The molecule has 0 fully saturated rings. The summed E-state index contributed by atoms with van der Waals surface area (Å²) in [7, 11) is 3.43. The molecule has 124 valence electrons. The van der Waals surface area contributed by atoms with Crippen molar-refractivity contribution in [1.82, 2.24) is 15.6 Å². The second kappa shape index (κ2) is 11.8. The molecule has 0 amide bonds. The van der Waals surface area contributed by atoms with E-state index < -0.39 is 0 Å². The molecule has 1 heterocycles. The normalized spacial score (nSPS) is 11.3. The lowest BCUT2D eigenvalue weighted by Gasteiger charge is -2.12. The molecule has 0 aliphatic carbocycles. The number of aromatic nitrogens is 1. The van der Waals surface area contributed by atoms with Gasteiger partial charge in [0.15, 0.2) is 5.96 Å². The van der Waals surface area contributed by atoms with Crippen LogP contribution in [0, 0.1) is 0 Å². The van der Waals surface area contributed by atoms with Crippen molar-refractivity contribution < 1.29 is 9.47 Å². The molecule has 0 aromatic carbocycles. The van der Waals surface area contributed by atoms with E-state index in [1.807, 2.05) is 12.1 Å². The van der Waals surface area contributed by atoms with Crippen molar-refractivity contribution in [3.05, 3.63) is 23.9 Å². The third kappa shape index (κ3) is 7.83. The first kappa shape index (κ1) is 18.2. The van der Waals surface area contributed by atoms with Crippen LogP contribution in [0.2, 0.25) is 0 Å². The number of hydrogen-bond acceptors (Lipinski definition) is 4. The molecular formula is C16H28N4O2. The van der Waals surface area contributed by atoms with Gasteiger partial charge in [-0.15, -0.1) is 0 Å². The van der Waals surface area contributed by atoms with E-state index in [0.717, 1.165) is 24.5 Å². The second-order valence-electron chi connectivity index (χ2n) is 4.91. The topological polar surface area (TPSA) is 67.8 Å². The maximum Gasteiger partial charge on any atom is 0.213 e. The number of nitrogens with zero attached hydrogens (tertiary/aromatic N) is 2. The summed E-state index contributed by atoms with van der Waals surface area (Å²) in [5.41, 5.74) is 1.08. The largest absolute Gasteiger partial charge is 0.475 e. The smallest absolute Gasteiger partial charge is 0.213 e. The highest BCUT2D eigenvalue weighted by Crippen LogP contribution is 2.07. The van der Waals surface area contributed by atoms with Crippen molar-refractivity contribution in [2.45, 2.75) is 32.7 Å². The molecule has 6 heteroatoms. The Labute approximate surface area is 133 Å². The number of hydrogen-bond donors (Lipinski definition) is 2. The fraction of sp³-hybridized carbons (Fsp3) is 0.625. The molecule has 1 aromatic heterocycles. The van der Waals surface area contributed by atoms with Crippen molar-refractivity contribution in [3.63, 3.8) is 0 Å². The van der Waals surface area contributed by atoms with Crippen LogP contribution in [0.3, 0.4) is 0 Å². The lowest BCUT2D eigenvalue weighted by atomic mass is 10.2. The summed E-state index contributed by atoms with van der Waals surface area (Å²) in [5.74, 6) is 1.43. The average molecular weight is 308 g/mol. The number of rotatable bonds is 10. The van der Waals surface area contributed by atoms with Gasteiger partial charge in [-0.3, -0.25) is 4.99 Å². The van der Waals surface area contributed by atoms with Gasteiger partial charge in [0.05, 0.1) is 6.61 Å². The fourth-order valence-electron chi connectivity index (χ4n) is 1.82. The summed E-state index contributed by atoms with van der Waals surface area (Å²) in [6, 6.07) is 3.86. The molecule has 0 atom stereocenters. The van der Waals surface area contributed by atoms with E-state index in [1.165, 1.54) is 12.8 Å². The Balaban J connectivity index is 2.30. The summed E-state index contributed by atoms with van der Waals surface area (Å²) in [6.07, 6.45) is 5.42. The first-order chi connectivity index (χ1) is 10.8. The van der Waals surface area contributed by atoms with E-state index >= 15 is 0 Å². The van der Waals surface area contributed by atoms with Crippen LogP contribution in [0.5, 0.6) is 5.88 Å². The van der Waals surface area contributed by atoms with Gasteiger partial charge in [0.1, 0.15) is 6.61 Å². The van der Waals surface area contributed by atoms with Crippen molar-refractivity contribution >= 4 is 5.96 Å². The zero-order valence-electron chi connectivity index (χ0n) is 13.9. The number of methoxy groups -OCH3 is 1. The summed E-state index contributed by atoms with van der Waals surface area (Å²) in [6.45, 7) is 4.89. The highest BCUT2D eigenvalue weighted by Gasteiger charge is 2.00. The summed E-state index contributed by atoms with van der Waals surface area (Å²) < 4.78 is 10.4. The van der Waals surface area contributed by atoms with E-state index in [-0.39, 0.29) is 0 Å². The molecule has 6 nitrogen and oxygen atoms in total. The molecule has 1 aromatic rings. The van der Waals surface area contributed by atoms with Gasteiger partial charge in [0, 0.05) is 39.5 Å². The predicted octanol–water partition coefficient (Wildman–Crippen LogP) is 1.96. The van der Waals surface area contributed by atoms with Gasteiger partial charge >= 0.3 is 0 Å². The van der Waals surface area contributed by atoms with Crippen LogP contribution in [-0.2, 0) is 11.3 Å². The van der Waals surface area contributed by atoms with Gasteiger partial charge in [0.25, 0.3) is 0 Å². The Hall–Kier alpha value is -1.82. The summed E-state index contributed by atoms with van der Waals surface area (Å²) in [4.78, 5) is 8.47. The minimum Gasteiger partial charge on any atom is -0.475 e. The van der Waals surface area contributed by atoms with Gasteiger partial charge in [-0.1, -0.05) is 25.8 Å². The van der Waals surface area contributed by atoms with Crippen LogP contribution >= 0.6 is 0 Å². The van der Waals surface area contributed by atoms with Crippen LogP contribution in [0.4, 0.5) is 0 Å². The maximum atomic E-state index is 5.43. The molecule has 0 unspecified atom stereocenters. The van der Waals surface area contributed by atoms with Gasteiger partial charge in [-0.25, -0.2) is 4.98 Å². The van der Waals surface area contributed by atoms with E-state index in [2.05, 4.69) is 27.5 Å². The molecule has 2 N–H and O–H groups in total. The molecule has 0 aliphatic rings. The van der Waals surface area contributed by atoms with Crippen molar-refractivity contribution in [2.75, 3.05) is 33.9 Å². The molecule has 1 rings (SSSR count). The highest BCUT2D eigenvalue weighted by atomic mass is 16.5. The van der Waals surface area contributed by atoms with Crippen molar-refractivity contribution in [1.29, 1.82) is 0 Å². The Morgan fingerprint density at radius 1 is 1.23 bits per heavy atom. The van der Waals surface area contributed by atoms with Crippen molar-refractivity contribution in [3.8, 4) is 5.88 Å². The lowest BCUT2D eigenvalue weighted by Crippen LogP contribution is -2.37. The quantitative estimate of drug-likeness (QED) is 0.393. The zero-order valence-corrected chi connectivity index (χ0v) is 13.9. The van der Waals surface area contributed by atoms with Gasteiger partial charge in [-0.2, -0.15) is 0 Å². The molecule has 0 spiro atoms. The van der Waals surface area contributed by atoms with Crippen LogP contribution < -0.4 is 15.4 Å².